The van der Waals surface area contributed by atoms with Gasteiger partial charge in [-0.25, -0.2) is 4.39 Å². The van der Waals surface area contributed by atoms with Crippen LogP contribution in [0.1, 0.15) is 44.9 Å². The lowest BCUT2D eigenvalue weighted by molar-refractivity contribution is -0.139. The van der Waals surface area contributed by atoms with Crippen LogP contribution in [0.15, 0.2) is 36.4 Å². The number of aliphatic hydroxyl groups excluding tert-OH is 1. The van der Waals surface area contributed by atoms with Gasteiger partial charge >= 0.3 is 5.97 Å². The van der Waals surface area contributed by atoms with E-state index in [-0.39, 0.29) is 35.4 Å². The molecule has 2 atom stereocenters. The number of carboxylic acids is 1. The molecule has 0 radical (unpaired) electrons. The molecule has 0 aromatic heterocycles. The first-order valence-corrected chi connectivity index (χ1v) is 9.49. The first kappa shape index (κ1) is 20.2. The first-order valence-electron chi connectivity index (χ1n) is 9.49. The second-order valence-corrected chi connectivity index (χ2v) is 7.71. The molecule has 1 aliphatic carbocycles. The Kier molecular flexibility index (Phi) is 5.93. The zero-order valence-corrected chi connectivity index (χ0v) is 15.5. The quantitative estimate of drug-likeness (QED) is 0.700. The van der Waals surface area contributed by atoms with Crippen LogP contribution in [0.25, 0.3) is 0 Å². The molecule has 1 aliphatic heterocycles. The van der Waals surface area contributed by atoms with Gasteiger partial charge in [-0.2, -0.15) is 0 Å². The summed E-state index contributed by atoms with van der Waals surface area (Å²) in [5, 5.41) is 18.3. The fourth-order valence-electron chi connectivity index (χ4n) is 4.44. The van der Waals surface area contributed by atoms with Crippen molar-refractivity contribution in [3.05, 3.63) is 42.2 Å². The van der Waals surface area contributed by atoms with Crippen molar-refractivity contribution in [1.82, 2.24) is 0 Å². The Labute approximate surface area is 162 Å². The molecule has 2 fully saturated rings. The van der Waals surface area contributed by atoms with Crippen molar-refractivity contribution in [3.8, 4) is 0 Å². The molecule has 1 aromatic rings. The molecule has 1 saturated heterocycles. The Morgan fingerprint density at radius 3 is 2.46 bits per heavy atom. The van der Waals surface area contributed by atoms with E-state index in [2.05, 4.69) is 0 Å². The number of carbonyl (C=O) groups excluding carboxylic acids is 2. The number of nitrogens with zero attached hydrogens (tertiary/aromatic N) is 1. The van der Waals surface area contributed by atoms with Crippen LogP contribution in [0.4, 0.5) is 10.1 Å². The van der Waals surface area contributed by atoms with Gasteiger partial charge in [-0.05, 0) is 43.2 Å². The molecule has 7 heteroatoms. The lowest BCUT2D eigenvalue weighted by Gasteiger charge is -2.32. The van der Waals surface area contributed by atoms with Crippen LogP contribution in [-0.2, 0) is 14.4 Å². The SMILES string of the molecule is O=C(O)C[C@H](O)CC(=O)C=C[C@@H]1N(c2ccc(F)cc2)C(=O)CC12CCCC2. The summed E-state index contributed by atoms with van der Waals surface area (Å²) in [7, 11) is 0. The predicted molar refractivity (Wildman–Crippen MR) is 100 cm³/mol. The Morgan fingerprint density at radius 1 is 1.21 bits per heavy atom. The van der Waals surface area contributed by atoms with E-state index in [0.717, 1.165) is 25.7 Å². The summed E-state index contributed by atoms with van der Waals surface area (Å²) in [5.74, 6) is -2.00. The highest BCUT2D eigenvalue weighted by atomic mass is 19.1. The second-order valence-electron chi connectivity index (χ2n) is 7.71. The van der Waals surface area contributed by atoms with E-state index in [1.807, 2.05) is 0 Å². The maximum atomic E-state index is 13.3. The summed E-state index contributed by atoms with van der Waals surface area (Å²) in [6, 6.07) is 5.39. The van der Waals surface area contributed by atoms with Crippen LogP contribution < -0.4 is 4.90 Å². The normalized spacial score (nSPS) is 22.3. The minimum absolute atomic E-state index is 0.0541. The molecule has 1 heterocycles. The highest BCUT2D eigenvalue weighted by Gasteiger charge is 2.52. The molecule has 1 saturated carbocycles. The molecule has 6 nitrogen and oxygen atoms in total. The average Bonchev–Trinajstić information content (AvgIpc) is 3.18. The van der Waals surface area contributed by atoms with Crippen LogP contribution in [-0.4, -0.2) is 40.0 Å². The summed E-state index contributed by atoms with van der Waals surface area (Å²) < 4.78 is 13.3. The summed E-state index contributed by atoms with van der Waals surface area (Å²) >= 11 is 0. The predicted octanol–water partition coefficient (Wildman–Crippen LogP) is 2.84. The Bertz CT molecular complexity index is 782. The number of aliphatic hydroxyl groups is 1. The lowest BCUT2D eigenvalue weighted by Crippen LogP contribution is -2.38. The standard InChI is InChI=1S/C21H24FNO5/c22-14-3-5-15(6-4-14)23-18(21(13-19(23)26)9-1-2-10-21)8-7-16(24)11-17(25)12-20(27)28/h3-8,17-18,25H,1-2,9-13H2,(H,27,28)/t17-,18+/m1/s1. The molecule has 1 spiro atoms. The third-order valence-corrected chi connectivity index (χ3v) is 5.69. The molecule has 2 N–H and O–H groups in total. The molecule has 1 amide bonds. The molecule has 28 heavy (non-hydrogen) atoms. The highest BCUT2D eigenvalue weighted by Crippen LogP contribution is 2.51. The minimum atomic E-state index is -1.24. The number of ketones is 1. The van der Waals surface area contributed by atoms with Crippen LogP contribution in [0.3, 0.4) is 0 Å². The molecule has 0 bridgehead atoms. The van der Waals surface area contributed by atoms with Gasteiger partial charge in [-0.1, -0.05) is 18.9 Å². The van der Waals surface area contributed by atoms with Gasteiger partial charge in [0.2, 0.25) is 5.91 Å². The highest BCUT2D eigenvalue weighted by molar-refractivity contribution is 5.98. The van der Waals surface area contributed by atoms with Gasteiger partial charge in [0, 0.05) is 23.9 Å². The monoisotopic (exact) mass is 389 g/mol. The maximum absolute atomic E-state index is 13.3. The van der Waals surface area contributed by atoms with Gasteiger partial charge in [0.15, 0.2) is 5.78 Å². The van der Waals surface area contributed by atoms with Crippen LogP contribution >= 0.6 is 0 Å². The summed E-state index contributed by atoms with van der Waals surface area (Å²) in [6.45, 7) is 0. The van der Waals surface area contributed by atoms with Gasteiger partial charge in [0.25, 0.3) is 0 Å². The van der Waals surface area contributed by atoms with E-state index in [0.29, 0.717) is 12.1 Å². The lowest BCUT2D eigenvalue weighted by atomic mass is 9.78. The number of hydrogen-bond acceptors (Lipinski definition) is 4. The largest absolute Gasteiger partial charge is 0.481 e. The molecule has 2 aliphatic rings. The fraction of sp³-hybridized carbons (Fsp3) is 0.476. The van der Waals surface area contributed by atoms with E-state index < -0.39 is 18.5 Å². The number of carboxylic acid groups (broad SMARTS) is 1. The Balaban J connectivity index is 1.82. The second kappa shape index (κ2) is 8.22. The van der Waals surface area contributed by atoms with E-state index in [4.69, 9.17) is 5.11 Å². The zero-order chi connectivity index (χ0) is 20.3. The molecule has 150 valence electrons. The topological polar surface area (TPSA) is 94.9 Å². The van der Waals surface area contributed by atoms with Gasteiger partial charge in [-0.15, -0.1) is 0 Å². The van der Waals surface area contributed by atoms with Crippen molar-refractivity contribution in [2.45, 2.75) is 57.1 Å². The van der Waals surface area contributed by atoms with Crippen molar-refractivity contribution in [3.63, 3.8) is 0 Å². The summed E-state index contributed by atoms with van der Waals surface area (Å²) in [5.41, 5.74) is 0.338. The van der Waals surface area contributed by atoms with Crippen LogP contribution in [0.5, 0.6) is 0 Å². The van der Waals surface area contributed by atoms with Crippen molar-refractivity contribution >= 4 is 23.3 Å². The fourth-order valence-corrected chi connectivity index (χ4v) is 4.44. The number of allylic oxidation sites excluding steroid dienone is 1. The summed E-state index contributed by atoms with van der Waals surface area (Å²) in [4.78, 5) is 37.2. The molecular formula is C21H24FNO5. The smallest absolute Gasteiger partial charge is 0.305 e. The number of amides is 1. The van der Waals surface area contributed by atoms with Crippen molar-refractivity contribution in [2.75, 3.05) is 4.90 Å². The number of halogens is 1. The third kappa shape index (κ3) is 4.30. The Morgan fingerprint density at radius 2 is 1.86 bits per heavy atom. The first-order chi connectivity index (χ1) is 13.3. The van der Waals surface area contributed by atoms with E-state index >= 15 is 0 Å². The van der Waals surface area contributed by atoms with Gasteiger partial charge in [-0.3, -0.25) is 14.4 Å². The minimum Gasteiger partial charge on any atom is -0.481 e. The van der Waals surface area contributed by atoms with Crippen molar-refractivity contribution in [1.29, 1.82) is 0 Å². The number of carbonyl (C=O) groups is 3. The average molecular weight is 389 g/mol. The zero-order valence-electron chi connectivity index (χ0n) is 15.5. The third-order valence-electron chi connectivity index (χ3n) is 5.69. The van der Waals surface area contributed by atoms with Crippen molar-refractivity contribution in [2.24, 2.45) is 5.41 Å². The Hall–Kier alpha value is -2.54. The van der Waals surface area contributed by atoms with Crippen LogP contribution in [0, 0.1) is 11.2 Å². The molecule has 3 rings (SSSR count). The number of benzene rings is 1. The number of hydrogen-bond donors (Lipinski definition) is 2. The van der Waals surface area contributed by atoms with E-state index in [1.54, 1.807) is 23.1 Å². The molecule has 0 unspecified atom stereocenters. The van der Waals surface area contributed by atoms with Gasteiger partial charge in [0.05, 0.1) is 18.6 Å². The van der Waals surface area contributed by atoms with Crippen LogP contribution in [0.2, 0.25) is 0 Å². The van der Waals surface area contributed by atoms with Crippen molar-refractivity contribution < 1.29 is 29.0 Å². The van der Waals surface area contributed by atoms with Gasteiger partial charge in [0.1, 0.15) is 5.82 Å². The van der Waals surface area contributed by atoms with E-state index in [9.17, 15) is 23.9 Å². The number of rotatable bonds is 7. The molecule has 1 aromatic carbocycles. The van der Waals surface area contributed by atoms with E-state index in [1.165, 1.54) is 18.2 Å². The maximum Gasteiger partial charge on any atom is 0.305 e. The number of anilines is 1. The van der Waals surface area contributed by atoms with Gasteiger partial charge < -0.3 is 15.1 Å². The number of aliphatic carboxylic acids is 1. The summed E-state index contributed by atoms with van der Waals surface area (Å²) in [6.07, 6.45) is 5.17. The molecular weight excluding hydrogens is 365 g/mol.